The van der Waals surface area contributed by atoms with E-state index in [4.69, 9.17) is 15.2 Å². The number of aromatic nitrogens is 1. The monoisotopic (exact) mass is 312 g/mol. The lowest BCUT2D eigenvalue weighted by molar-refractivity contribution is 0.383. The molecule has 0 radical (unpaired) electrons. The summed E-state index contributed by atoms with van der Waals surface area (Å²) in [6, 6.07) is 7.65. The molecule has 0 bridgehead atoms. The minimum absolute atomic E-state index is 0.205. The van der Waals surface area contributed by atoms with Crippen molar-refractivity contribution in [3.8, 4) is 17.5 Å². The molecule has 1 heterocycles. The van der Waals surface area contributed by atoms with Gasteiger partial charge in [-0.25, -0.2) is 4.39 Å². The Morgan fingerprint density at radius 3 is 2.72 bits per heavy atom. The lowest BCUT2D eigenvalue weighted by atomic mass is 10.3. The van der Waals surface area contributed by atoms with Crippen molar-refractivity contribution in [2.75, 3.05) is 12.8 Å². The number of benzene rings is 1. The Bertz CT molecular complexity index is 578. The fourth-order valence-electron chi connectivity index (χ4n) is 1.31. The molecule has 0 saturated heterocycles. The van der Waals surface area contributed by atoms with E-state index in [9.17, 15) is 4.39 Å². The zero-order valence-electron chi connectivity index (χ0n) is 9.48. The molecule has 0 aliphatic heterocycles. The van der Waals surface area contributed by atoms with Crippen LogP contribution < -0.4 is 15.2 Å². The van der Waals surface area contributed by atoms with E-state index in [-0.39, 0.29) is 16.1 Å². The van der Waals surface area contributed by atoms with Gasteiger partial charge in [0.25, 0.3) is 0 Å². The normalized spacial score (nSPS) is 10.2. The van der Waals surface area contributed by atoms with E-state index in [0.29, 0.717) is 11.6 Å². The van der Waals surface area contributed by atoms with Gasteiger partial charge in [0.15, 0.2) is 5.75 Å². The van der Waals surface area contributed by atoms with Gasteiger partial charge in [0, 0.05) is 18.2 Å². The van der Waals surface area contributed by atoms with Crippen molar-refractivity contribution in [3.63, 3.8) is 0 Å². The number of rotatable bonds is 3. The van der Waals surface area contributed by atoms with Crippen molar-refractivity contribution >= 4 is 21.6 Å². The molecule has 2 rings (SSSR count). The quantitative estimate of drug-likeness (QED) is 0.883. The molecule has 0 unspecified atom stereocenters. The van der Waals surface area contributed by atoms with Gasteiger partial charge in [-0.2, -0.15) is 4.98 Å². The Hall–Kier alpha value is -1.82. The Morgan fingerprint density at radius 1 is 1.28 bits per heavy atom. The maximum atomic E-state index is 13.4. The molecule has 1 aromatic heterocycles. The molecule has 94 valence electrons. The summed E-state index contributed by atoms with van der Waals surface area (Å²) in [5, 5.41) is 0. The number of anilines is 1. The van der Waals surface area contributed by atoms with Gasteiger partial charge in [0.1, 0.15) is 5.82 Å². The van der Waals surface area contributed by atoms with Crippen LogP contribution in [0.5, 0.6) is 17.5 Å². The van der Waals surface area contributed by atoms with Crippen LogP contribution in [0.3, 0.4) is 0 Å². The summed E-state index contributed by atoms with van der Waals surface area (Å²) in [6.07, 6.45) is 0. The highest BCUT2D eigenvalue weighted by molar-refractivity contribution is 9.10. The van der Waals surface area contributed by atoms with Crippen molar-refractivity contribution in [2.45, 2.75) is 0 Å². The molecule has 0 saturated carbocycles. The third-order valence-corrected chi connectivity index (χ3v) is 2.78. The second kappa shape index (κ2) is 5.22. The summed E-state index contributed by atoms with van der Waals surface area (Å²) in [5.41, 5.74) is 6.04. The molecule has 0 aliphatic carbocycles. The largest absolute Gasteiger partial charge is 0.481 e. The predicted molar refractivity (Wildman–Crippen MR) is 69.4 cm³/mol. The average Bonchev–Trinajstić information content (AvgIpc) is 2.36. The van der Waals surface area contributed by atoms with Gasteiger partial charge in [0.05, 0.1) is 17.3 Å². The molecule has 2 N–H and O–H groups in total. The number of halogens is 2. The molecule has 1 aromatic carbocycles. The number of methoxy groups -OCH3 is 1. The summed E-state index contributed by atoms with van der Waals surface area (Å²) < 4.78 is 24.0. The first-order chi connectivity index (χ1) is 8.60. The molecule has 0 atom stereocenters. The fraction of sp³-hybridized carbons (Fsp3) is 0.0833. The first-order valence-corrected chi connectivity index (χ1v) is 5.83. The van der Waals surface area contributed by atoms with Crippen LogP contribution >= 0.6 is 15.9 Å². The van der Waals surface area contributed by atoms with Crippen LogP contribution in [-0.4, -0.2) is 12.1 Å². The van der Waals surface area contributed by atoms with E-state index >= 15 is 0 Å². The molecule has 2 aromatic rings. The van der Waals surface area contributed by atoms with E-state index < -0.39 is 5.82 Å². The second-order valence-corrected chi connectivity index (χ2v) is 4.28. The van der Waals surface area contributed by atoms with Crippen LogP contribution in [0.4, 0.5) is 10.1 Å². The molecule has 4 nitrogen and oxygen atoms in total. The van der Waals surface area contributed by atoms with Gasteiger partial charge in [-0.1, -0.05) is 6.07 Å². The average molecular weight is 313 g/mol. The van der Waals surface area contributed by atoms with Crippen LogP contribution in [-0.2, 0) is 0 Å². The highest BCUT2D eigenvalue weighted by Gasteiger charge is 2.09. The van der Waals surface area contributed by atoms with Crippen molar-refractivity contribution in [3.05, 3.63) is 40.6 Å². The SMILES string of the molecule is COc1cccc(Oc2cc(F)c(Br)cc2N)n1. The zero-order chi connectivity index (χ0) is 13.1. The lowest BCUT2D eigenvalue weighted by Gasteiger charge is -2.09. The van der Waals surface area contributed by atoms with Gasteiger partial charge < -0.3 is 15.2 Å². The van der Waals surface area contributed by atoms with E-state index in [1.807, 2.05) is 0 Å². The van der Waals surface area contributed by atoms with Gasteiger partial charge in [-0.05, 0) is 22.0 Å². The Kier molecular flexibility index (Phi) is 3.66. The van der Waals surface area contributed by atoms with Crippen molar-refractivity contribution < 1.29 is 13.9 Å². The van der Waals surface area contributed by atoms with E-state index in [0.717, 1.165) is 0 Å². The number of pyridine rings is 1. The number of nitrogens with two attached hydrogens (primary N) is 1. The number of ether oxygens (including phenoxy) is 2. The molecule has 0 fully saturated rings. The number of hydrogen-bond acceptors (Lipinski definition) is 4. The first kappa shape index (κ1) is 12.6. The number of nitrogen functional groups attached to an aromatic ring is 1. The summed E-state index contributed by atoms with van der Waals surface area (Å²) in [6.45, 7) is 0. The minimum atomic E-state index is -0.456. The smallest absolute Gasteiger partial charge is 0.222 e. The molecule has 0 aliphatic rings. The maximum Gasteiger partial charge on any atom is 0.222 e. The van der Waals surface area contributed by atoms with Crippen molar-refractivity contribution in [1.82, 2.24) is 4.98 Å². The van der Waals surface area contributed by atoms with Crippen molar-refractivity contribution in [1.29, 1.82) is 0 Å². The van der Waals surface area contributed by atoms with Crippen LogP contribution in [0.1, 0.15) is 0 Å². The van der Waals surface area contributed by atoms with Crippen LogP contribution in [0.2, 0.25) is 0 Å². The molecular weight excluding hydrogens is 303 g/mol. The molecule has 0 amide bonds. The number of hydrogen-bond donors (Lipinski definition) is 1. The molecular formula is C12H10BrFN2O2. The van der Waals surface area contributed by atoms with Crippen LogP contribution in [0.15, 0.2) is 34.8 Å². The van der Waals surface area contributed by atoms with E-state index in [1.54, 1.807) is 18.2 Å². The fourth-order valence-corrected chi connectivity index (χ4v) is 1.67. The summed E-state index contributed by atoms with van der Waals surface area (Å²) in [7, 11) is 1.50. The van der Waals surface area contributed by atoms with Crippen molar-refractivity contribution in [2.24, 2.45) is 0 Å². The molecule has 6 heteroatoms. The standard InChI is InChI=1S/C12H10BrFN2O2/c1-17-11-3-2-4-12(16-11)18-10-6-8(14)7(13)5-9(10)15/h2-6H,15H2,1H3. The first-order valence-electron chi connectivity index (χ1n) is 5.03. The molecule has 0 spiro atoms. The van der Waals surface area contributed by atoms with Gasteiger partial charge >= 0.3 is 0 Å². The third-order valence-electron chi connectivity index (χ3n) is 2.17. The van der Waals surface area contributed by atoms with Gasteiger partial charge in [-0.3, -0.25) is 0 Å². The summed E-state index contributed by atoms with van der Waals surface area (Å²) in [5.74, 6) is 0.435. The van der Waals surface area contributed by atoms with Crippen LogP contribution in [0.25, 0.3) is 0 Å². The highest BCUT2D eigenvalue weighted by Crippen LogP contribution is 2.31. The maximum absolute atomic E-state index is 13.4. The Balaban J connectivity index is 2.30. The lowest BCUT2D eigenvalue weighted by Crippen LogP contribution is -1.96. The van der Waals surface area contributed by atoms with Crippen LogP contribution in [0, 0.1) is 5.82 Å². The third kappa shape index (κ3) is 2.70. The van der Waals surface area contributed by atoms with Gasteiger partial charge in [0.2, 0.25) is 11.8 Å². The topological polar surface area (TPSA) is 57.4 Å². The Morgan fingerprint density at radius 2 is 2.00 bits per heavy atom. The summed E-state index contributed by atoms with van der Waals surface area (Å²) in [4.78, 5) is 4.05. The zero-order valence-corrected chi connectivity index (χ0v) is 11.1. The van der Waals surface area contributed by atoms with E-state index in [2.05, 4.69) is 20.9 Å². The van der Waals surface area contributed by atoms with Gasteiger partial charge in [-0.15, -0.1) is 0 Å². The minimum Gasteiger partial charge on any atom is -0.481 e. The Labute approximate surface area is 112 Å². The number of nitrogens with zero attached hydrogens (tertiary/aromatic N) is 1. The second-order valence-electron chi connectivity index (χ2n) is 3.42. The highest BCUT2D eigenvalue weighted by atomic mass is 79.9. The predicted octanol–water partition coefficient (Wildman–Crippen LogP) is 3.37. The molecule has 18 heavy (non-hydrogen) atoms. The van der Waals surface area contributed by atoms with E-state index in [1.165, 1.54) is 19.2 Å². The summed E-state index contributed by atoms with van der Waals surface area (Å²) >= 11 is 3.04.